The fourth-order valence-electron chi connectivity index (χ4n) is 1.10. The Balaban J connectivity index is 5.19. The Morgan fingerprint density at radius 2 is 1.63 bits per heavy atom. The van der Waals surface area contributed by atoms with Crippen LogP contribution in [0.1, 0.15) is 27.7 Å². The number of Topliss-reactive ketones (excluding diaryl/α,β-unsaturated/α-hetero) is 1. The molecule has 6 heteroatoms. The van der Waals surface area contributed by atoms with Gasteiger partial charge in [0.15, 0.2) is 0 Å². The molecular formula is C13H21NO5. The van der Waals surface area contributed by atoms with Crippen LogP contribution >= 0.6 is 0 Å². The number of ketones is 1. The lowest BCUT2D eigenvalue weighted by Crippen LogP contribution is -2.31. The predicted molar refractivity (Wildman–Crippen MR) is 69.3 cm³/mol. The minimum atomic E-state index is -1.07. The molecule has 0 fully saturated rings. The molecule has 0 aliphatic rings. The molecule has 0 amide bonds. The van der Waals surface area contributed by atoms with E-state index in [0.717, 1.165) is 0 Å². The van der Waals surface area contributed by atoms with Gasteiger partial charge in [-0.3, -0.25) is 4.79 Å². The van der Waals surface area contributed by atoms with Crippen LogP contribution in [0.4, 0.5) is 0 Å². The van der Waals surface area contributed by atoms with E-state index >= 15 is 0 Å². The second-order valence-corrected chi connectivity index (χ2v) is 5.06. The number of esters is 2. The summed E-state index contributed by atoms with van der Waals surface area (Å²) in [5.74, 6) is -2.93. The molecule has 0 aliphatic carbocycles. The van der Waals surface area contributed by atoms with Crippen molar-refractivity contribution in [3.63, 3.8) is 0 Å². The number of rotatable bonds is 5. The van der Waals surface area contributed by atoms with Crippen molar-refractivity contribution in [1.29, 1.82) is 0 Å². The summed E-state index contributed by atoms with van der Waals surface area (Å²) in [6, 6.07) is 0. The molecule has 0 atom stereocenters. The van der Waals surface area contributed by atoms with E-state index in [2.05, 4.69) is 4.74 Å². The average Bonchev–Trinajstić information content (AvgIpc) is 2.22. The van der Waals surface area contributed by atoms with Crippen molar-refractivity contribution in [2.75, 3.05) is 20.7 Å². The van der Waals surface area contributed by atoms with Gasteiger partial charge in [-0.2, -0.15) is 0 Å². The molecule has 0 aromatic rings. The lowest BCUT2D eigenvalue weighted by Gasteiger charge is -2.20. The highest BCUT2D eigenvalue weighted by atomic mass is 16.6. The monoisotopic (exact) mass is 271 g/mol. The molecule has 0 N–H and O–H groups in total. The summed E-state index contributed by atoms with van der Waals surface area (Å²) < 4.78 is 9.68. The van der Waals surface area contributed by atoms with Gasteiger partial charge in [0, 0.05) is 20.3 Å². The maximum Gasteiger partial charge on any atom is 0.380 e. The van der Waals surface area contributed by atoms with Gasteiger partial charge in [-0.25, -0.2) is 9.59 Å². The summed E-state index contributed by atoms with van der Waals surface area (Å²) >= 11 is 0. The van der Waals surface area contributed by atoms with Gasteiger partial charge in [-0.05, 0) is 27.7 Å². The van der Waals surface area contributed by atoms with E-state index in [0.29, 0.717) is 0 Å². The van der Waals surface area contributed by atoms with Crippen LogP contribution in [0.3, 0.4) is 0 Å². The van der Waals surface area contributed by atoms with Crippen molar-refractivity contribution < 1.29 is 23.9 Å². The first kappa shape index (κ1) is 17.2. The van der Waals surface area contributed by atoms with E-state index in [1.165, 1.54) is 11.1 Å². The summed E-state index contributed by atoms with van der Waals surface area (Å²) in [7, 11) is 3.26. The molecule has 0 aliphatic heterocycles. The van der Waals surface area contributed by atoms with Gasteiger partial charge in [0.25, 0.3) is 5.78 Å². The van der Waals surface area contributed by atoms with E-state index in [9.17, 15) is 14.4 Å². The van der Waals surface area contributed by atoms with E-state index in [4.69, 9.17) is 4.74 Å². The molecule has 0 unspecified atom stereocenters. The van der Waals surface area contributed by atoms with Gasteiger partial charge >= 0.3 is 11.9 Å². The third-order valence-electron chi connectivity index (χ3n) is 1.71. The highest BCUT2D eigenvalue weighted by Gasteiger charge is 2.30. The van der Waals surface area contributed by atoms with Crippen molar-refractivity contribution in [1.82, 2.24) is 4.90 Å². The van der Waals surface area contributed by atoms with Gasteiger partial charge in [-0.15, -0.1) is 0 Å². The van der Waals surface area contributed by atoms with Gasteiger partial charge in [0.05, 0.1) is 6.61 Å². The Kier molecular flexibility index (Phi) is 6.24. The molecule has 19 heavy (non-hydrogen) atoms. The number of hydrogen-bond acceptors (Lipinski definition) is 6. The molecule has 108 valence electrons. The SMILES string of the molecule is CCOC(=O)C(=O)/C(=C/N(C)C)C(=O)OC(C)(C)C. The first-order chi connectivity index (χ1) is 8.58. The fourth-order valence-corrected chi connectivity index (χ4v) is 1.10. The highest BCUT2D eigenvalue weighted by Crippen LogP contribution is 2.12. The lowest BCUT2D eigenvalue weighted by molar-refractivity contribution is -0.157. The van der Waals surface area contributed by atoms with Gasteiger partial charge in [0.2, 0.25) is 0 Å². The van der Waals surface area contributed by atoms with Gasteiger partial charge < -0.3 is 14.4 Å². The van der Waals surface area contributed by atoms with Crippen molar-refractivity contribution >= 4 is 17.7 Å². The highest BCUT2D eigenvalue weighted by molar-refractivity contribution is 6.46. The van der Waals surface area contributed by atoms with Crippen LogP contribution in [0.2, 0.25) is 0 Å². The Labute approximate surface area is 113 Å². The first-order valence-corrected chi connectivity index (χ1v) is 5.91. The second kappa shape index (κ2) is 6.92. The van der Waals surface area contributed by atoms with Crippen LogP contribution in [0.5, 0.6) is 0 Å². The molecule has 0 heterocycles. The number of carbonyl (C=O) groups is 3. The largest absolute Gasteiger partial charge is 0.460 e. The zero-order valence-electron chi connectivity index (χ0n) is 12.3. The van der Waals surface area contributed by atoms with Crippen molar-refractivity contribution in [2.45, 2.75) is 33.3 Å². The number of nitrogens with zero attached hydrogens (tertiary/aromatic N) is 1. The minimum Gasteiger partial charge on any atom is -0.460 e. The predicted octanol–water partition coefficient (Wildman–Crippen LogP) is 0.906. The lowest BCUT2D eigenvalue weighted by atomic mass is 10.1. The molecule has 0 radical (unpaired) electrons. The van der Waals surface area contributed by atoms with Crippen molar-refractivity contribution in [3.05, 3.63) is 11.8 Å². The molecular weight excluding hydrogens is 250 g/mol. The zero-order valence-corrected chi connectivity index (χ0v) is 12.3. The first-order valence-electron chi connectivity index (χ1n) is 5.91. The third-order valence-corrected chi connectivity index (χ3v) is 1.71. The summed E-state index contributed by atoms with van der Waals surface area (Å²) in [5.41, 5.74) is -1.10. The third kappa shape index (κ3) is 6.59. The summed E-state index contributed by atoms with van der Waals surface area (Å²) in [6.45, 7) is 6.66. The van der Waals surface area contributed by atoms with E-state index in [1.54, 1.807) is 41.8 Å². The Morgan fingerprint density at radius 1 is 1.11 bits per heavy atom. The Morgan fingerprint density at radius 3 is 2.00 bits per heavy atom. The molecule has 0 aromatic heterocycles. The maximum atomic E-state index is 11.9. The van der Waals surface area contributed by atoms with Gasteiger partial charge in [-0.1, -0.05) is 0 Å². The minimum absolute atomic E-state index is 0.0636. The summed E-state index contributed by atoms with van der Waals surface area (Å²) in [5, 5.41) is 0. The van der Waals surface area contributed by atoms with Crippen LogP contribution in [-0.2, 0) is 23.9 Å². The quantitative estimate of drug-likeness (QED) is 0.243. The standard InChI is InChI=1S/C13H21NO5/c1-7-18-12(17)10(15)9(8-14(5)6)11(16)19-13(2,3)4/h8H,7H2,1-6H3/b9-8-. The van der Waals surface area contributed by atoms with Crippen molar-refractivity contribution in [3.8, 4) is 0 Å². The Hall–Kier alpha value is -1.85. The van der Waals surface area contributed by atoms with Crippen molar-refractivity contribution in [2.24, 2.45) is 0 Å². The second-order valence-electron chi connectivity index (χ2n) is 5.06. The fraction of sp³-hybridized carbons (Fsp3) is 0.615. The molecule has 0 saturated carbocycles. The normalized spacial score (nSPS) is 11.8. The van der Waals surface area contributed by atoms with Crippen LogP contribution in [-0.4, -0.2) is 48.9 Å². The van der Waals surface area contributed by atoms with E-state index < -0.39 is 23.3 Å². The van der Waals surface area contributed by atoms with Crippen LogP contribution in [0, 0.1) is 0 Å². The number of ether oxygens (including phenoxy) is 2. The molecule has 0 rings (SSSR count). The Bertz CT molecular complexity index is 390. The molecule has 0 aromatic carbocycles. The van der Waals surface area contributed by atoms with Crippen LogP contribution in [0.15, 0.2) is 11.8 Å². The molecule has 0 saturated heterocycles. The zero-order chi connectivity index (χ0) is 15.2. The smallest absolute Gasteiger partial charge is 0.380 e. The number of carbonyl (C=O) groups excluding carboxylic acids is 3. The topological polar surface area (TPSA) is 72.9 Å². The van der Waals surface area contributed by atoms with E-state index in [1.807, 2.05) is 0 Å². The summed E-state index contributed by atoms with van der Waals surface area (Å²) in [4.78, 5) is 36.6. The summed E-state index contributed by atoms with van der Waals surface area (Å²) in [6.07, 6.45) is 1.24. The van der Waals surface area contributed by atoms with Gasteiger partial charge in [0.1, 0.15) is 11.2 Å². The number of hydrogen-bond donors (Lipinski definition) is 0. The van der Waals surface area contributed by atoms with E-state index in [-0.39, 0.29) is 12.2 Å². The molecule has 6 nitrogen and oxygen atoms in total. The van der Waals surface area contributed by atoms with Crippen LogP contribution < -0.4 is 0 Å². The maximum absolute atomic E-state index is 11.9. The van der Waals surface area contributed by atoms with Crippen LogP contribution in [0.25, 0.3) is 0 Å². The average molecular weight is 271 g/mol. The molecule has 0 bridgehead atoms. The molecule has 0 spiro atoms.